The first-order valence-electron chi connectivity index (χ1n) is 9.82. The first kappa shape index (κ1) is 18.8. The molecule has 3 aliphatic rings. The van der Waals surface area contributed by atoms with E-state index in [0.717, 1.165) is 41.9 Å². The highest BCUT2D eigenvalue weighted by molar-refractivity contribution is 6.42. The van der Waals surface area contributed by atoms with Gasteiger partial charge in [-0.25, -0.2) is 5.01 Å². The number of hydrogen-bond donors (Lipinski definition) is 0. The van der Waals surface area contributed by atoms with Crippen LogP contribution in [0.1, 0.15) is 43.4 Å². The van der Waals surface area contributed by atoms with E-state index in [4.69, 9.17) is 33.0 Å². The van der Waals surface area contributed by atoms with E-state index in [1.165, 1.54) is 0 Å². The average Bonchev–Trinajstić information content (AvgIpc) is 3.17. The molecule has 2 aromatic carbocycles. The first-order valence-corrected chi connectivity index (χ1v) is 10.6. The first-order chi connectivity index (χ1) is 14.0. The number of ether oxygens (including phenoxy) is 1. The summed E-state index contributed by atoms with van der Waals surface area (Å²) >= 11 is 12.3. The van der Waals surface area contributed by atoms with E-state index >= 15 is 0 Å². The van der Waals surface area contributed by atoms with Crippen LogP contribution in [-0.2, 0) is 4.79 Å². The predicted octanol–water partition coefficient (Wildman–Crippen LogP) is 4.88. The zero-order valence-corrected chi connectivity index (χ0v) is 17.6. The fraction of sp³-hybridized carbons (Fsp3) is 0.364. The number of hydrogen-bond acceptors (Lipinski definition) is 4. The quantitative estimate of drug-likeness (QED) is 0.648. The summed E-state index contributed by atoms with van der Waals surface area (Å²) in [6.07, 6.45) is 2.21. The molecule has 0 aromatic heterocycles. The van der Waals surface area contributed by atoms with Gasteiger partial charge in [0.05, 0.1) is 21.8 Å². The van der Waals surface area contributed by atoms with E-state index < -0.39 is 5.72 Å². The second-order valence-corrected chi connectivity index (χ2v) is 8.65. The average molecular weight is 430 g/mol. The van der Waals surface area contributed by atoms with E-state index in [-0.39, 0.29) is 11.9 Å². The number of rotatable bonds is 1. The molecule has 0 bridgehead atoms. The molecule has 1 atom stereocenters. The van der Waals surface area contributed by atoms with Gasteiger partial charge in [0.1, 0.15) is 5.75 Å². The van der Waals surface area contributed by atoms with Crippen LogP contribution in [0, 0.1) is 0 Å². The molecule has 3 heterocycles. The van der Waals surface area contributed by atoms with Crippen molar-refractivity contribution >= 4 is 34.8 Å². The summed E-state index contributed by atoms with van der Waals surface area (Å²) in [5, 5.41) is 8.21. The van der Waals surface area contributed by atoms with Crippen molar-refractivity contribution in [2.45, 2.75) is 38.0 Å². The fourth-order valence-electron chi connectivity index (χ4n) is 4.58. The van der Waals surface area contributed by atoms with E-state index in [0.29, 0.717) is 23.1 Å². The number of carbonyl (C=O) groups is 1. The van der Waals surface area contributed by atoms with Crippen LogP contribution < -0.4 is 4.74 Å². The number of para-hydroxylation sites is 1. The molecule has 2 aromatic rings. The minimum atomic E-state index is -0.539. The van der Waals surface area contributed by atoms with Crippen molar-refractivity contribution in [2.24, 2.45) is 5.10 Å². The molecule has 150 valence electrons. The minimum absolute atomic E-state index is 0.105. The minimum Gasteiger partial charge on any atom is -0.466 e. The Balaban J connectivity index is 1.54. The summed E-state index contributed by atoms with van der Waals surface area (Å²) < 4.78 is 6.56. The van der Waals surface area contributed by atoms with Crippen LogP contribution in [0.4, 0.5) is 0 Å². The Hall–Kier alpha value is -2.24. The molecule has 0 radical (unpaired) electrons. The normalized spacial score (nSPS) is 22.0. The molecule has 0 N–H and O–H groups in total. The van der Waals surface area contributed by atoms with E-state index in [9.17, 15) is 4.79 Å². The maximum atomic E-state index is 11.8. The molecule has 5 rings (SSSR count). The monoisotopic (exact) mass is 429 g/mol. The van der Waals surface area contributed by atoms with Crippen LogP contribution in [0.3, 0.4) is 0 Å². The summed E-state index contributed by atoms with van der Waals surface area (Å²) in [6.45, 7) is 2.95. The van der Waals surface area contributed by atoms with Gasteiger partial charge in [-0.05, 0) is 23.8 Å². The Labute approximate surface area is 179 Å². The fourth-order valence-corrected chi connectivity index (χ4v) is 4.88. The molecule has 1 amide bonds. The number of fused-ring (bicyclic) bond motifs is 4. The van der Waals surface area contributed by atoms with Gasteiger partial charge in [-0.2, -0.15) is 5.10 Å². The third-order valence-electron chi connectivity index (χ3n) is 6.15. The zero-order chi connectivity index (χ0) is 20.2. The summed E-state index contributed by atoms with van der Waals surface area (Å²) in [7, 11) is 0. The Bertz CT molecular complexity index is 1010. The van der Waals surface area contributed by atoms with Crippen molar-refractivity contribution in [3.05, 3.63) is 63.6 Å². The lowest BCUT2D eigenvalue weighted by Gasteiger charge is -2.51. The third-order valence-corrected chi connectivity index (χ3v) is 6.89. The maximum absolute atomic E-state index is 11.8. The van der Waals surface area contributed by atoms with Crippen molar-refractivity contribution in [3.8, 4) is 5.75 Å². The van der Waals surface area contributed by atoms with Crippen LogP contribution in [0.2, 0.25) is 10.0 Å². The summed E-state index contributed by atoms with van der Waals surface area (Å²) in [4.78, 5) is 13.7. The van der Waals surface area contributed by atoms with Crippen LogP contribution >= 0.6 is 23.2 Å². The van der Waals surface area contributed by atoms with Crippen LogP contribution in [0.5, 0.6) is 5.75 Å². The SMILES string of the molecule is CC(=O)N1CCC2(CC1)Oc1ccccc1[C@@H]1CC(c3ccc(Cl)c(Cl)c3)=NN12. The standard InChI is InChI=1S/C22H21Cl2N3O2/c1-14(28)26-10-8-22(9-11-26)27-20(16-4-2-3-5-21(16)29-22)13-19(25-27)15-6-7-17(23)18(24)12-15/h2-7,12,20H,8-11,13H2,1H3/t20-/m0/s1. The molecule has 5 nitrogen and oxygen atoms in total. The Morgan fingerprint density at radius 3 is 2.62 bits per heavy atom. The Morgan fingerprint density at radius 1 is 1.14 bits per heavy atom. The zero-order valence-electron chi connectivity index (χ0n) is 16.1. The van der Waals surface area contributed by atoms with Crippen molar-refractivity contribution in [2.75, 3.05) is 13.1 Å². The Morgan fingerprint density at radius 2 is 1.90 bits per heavy atom. The lowest BCUT2D eigenvalue weighted by Crippen LogP contribution is -2.59. The van der Waals surface area contributed by atoms with E-state index in [1.54, 1.807) is 6.92 Å². The molecule has 3 aliphatic heterocycles. The van der Waals surface area contributed by atoms with Gasteiger partial charge in [0.2, 0.25) is 11.6 Å². The molecule has 1 fully saturated rings. The van der Waals surface area contributed by atoms with Crippen molar-refractivity contribution < 1.29 is 9.53 Å². The lowest BCUT2D eigenvalue weighted by atomic mass is 9.90. The van der Waals surface area contributed by atoms with Gasteiger partial charge in [0.15, 0.2) is 0 Å². The molecular formula is C22H21Cl2N3O2. The summed E-state index contributed by atoms with van der Waals surface area (Å²) in [5.74, 6) is 1.02. The van der Waals surface area contributed by atoms with Gasteiger partial charge in [-0.1, -0.05) is 47.5 Å². The van der Waals surface area contributed by atoms with Gasteiger partial charge in [-0.15, -0.1) is 0 Å². The number of amides is 1. The molecule has 1 saturated heterocycles. The third kappa shape index (κ3) is 3.08. The second kappa shape index (κ2) is 6.92. The number of piperidine rings is 1. The molecule has 0 aliphatic carbocycles. The highest BCUT2D eigenvalue weighted by Crippen LogP contribution is 2.50. The van der Waals surface area contributed by atoms with Crippen molar-refractivity contribution in [1.29, 1.82) is 0 Å². The molecule has 1 spiro atoms. The van der Waals surface area contributed by atoms with Crippen molar-refractivity contribution in [1.82, 2.24) is 9.91 Å². The number of likely N-dealkylation sites (tertiary alicyclic amines) is 1. The highest BCUT2D eigenvalue weighted by atomic mass is 35.5. The predicted molar refractivity (Wildman–Crippen MR) is 113 cm³/mol. The van der Waals surface area contributed by atoms with Crippen LogP contribution in [0.25, 0.3) is 0 Å². The van der Waals surface area contributed by atoms with Gasteiger partial charge in [0, 0.05) is 44.8 Å². The van der Waals surface area contributed by atoms with Crippen LogP contribution in [-0.4, -0.2) is 40.3 Å². The molecule has 29 heavy (non-hydrogen) atoms. The summed E-state index contributed by atoms with van der Waals surface area (Å²) in [5.41, 5.74) is 2.55. The van der Waals surface area contributed by atoms with Gasteiger partial charge >= 0.3 is 0 Å². The largest absolute Gasteiger partial charge is 0.466 e. The van der Waals surface area contributed by atoms with Gasteiger partial charge in [-0.3, -0.25) is 4.79 Å². The number of nitrogens with zero attached hydrogens (tertiary/aromatic N) is 3. The maximum Gasteiger partial charge on any atom is 0.219 e. The number of hydrazone groups is 1. The summed E-state index contributed by atoms with van der Waals surface area (Å²) in [6, 6.07) is 13.9. The van der Waals surface area contributed by atoms with Crippen molar-refractivity contribution in [3.63, 3.8) is 0 Å². The smallest absolute Gasteiger partial charge is 0.219 e. The molecule has 0 saturated carbocycles. The topological polar surface area (TPSA) is 45.1 Å². The highest BCUT2D eigenvalue weighted by Gasteiger charge is 2.52. The van der Waals surface area contributed by atoms with E-state index in [2.05, 4.69) is 11.1 Å². The molecule has 7 heteroatoms. The number of benzene rings is 2. The number of carbonyl (C=O) groups excluding carboxylic acids is 1. The molecule has 0 unspecified atom stereocenters. The van der Waals surface area contributed by atoms with Gasteiger partial charge in [0.25, 0.3) is 0 Å². The van der Waals surface area contributed by atoms with Crippen LogP contribution in [0.15, 0.2) is 47.6 Å². The lowest BCUT2D eigenvalue weighted by molar-refractivity contribution is -0.158. The Kier molecular flexibility index (Phi) is 4.48. The second-order valence-electron chi connectivity index (χ2n) is 7.83. The van der Waals surface area contributed by atoms with E-state index in [1.807, 2.05) is 41.3 Å². The molecular weight excluding hydrogens is 409 g/mol. The van der Waals surface area contributed by atoms with Gasteiger partial charge < -0.3 is 9.64 Å². The number of halogens is 2.